The van der Waals surface area contributed by atoms with Gasteiger partial charge in [0.15, 0.2) is 0 Å². The van der Waals surface area contributed by atoms with E-state index in [9.17, 15) is 9.59 Å². The summed E-state index contributed by atoms with van der Waals surface area (Å²) in [5, 5.41) is 0.237. The maximum absolute atomic E-state index is 12.8. The normalized spacial score (nSPS) is 15.5. The largest absolute Gasteiger partial charge is 0.497 e. The Kier molecular flexibility index (Phi) is 4.98. The number of benzene rings is 2. The molecule has 0 N–H and O–H groups in total. The number of furan rings is 1. The first kappa shape index (κ1) is 18.4. The van der Waals surface area contributed by atoms with Crippen LogP contribution in [0.1, 0.15) is 5.76 Å². The fourth-order valence-electron chi connectivity index (χ4n) is 2.80. The van der Waals surface area contributed by atoms with E-state index < -0.39 is 5.91 Å². The van der Waals surface area contributed by atoms with Crippen molar-refractivity contribution in [1.29, 1.82) is 0 Å². The second-order valence-electron chi connectivity index (χ2n) is 5.93. The molecular weight excluding hydrogens is 398 g/mol. The minimum absolute atomic E-state index is 0.291. The molecule has 2 amide bonds. The Labute approximate surface area is 170 Å². The van der Waals surface area contributed by atoms with E-state index in [0.29, 0.717) is 32.9 Å². The fraction of sp³-hybridized carbons (Fsp3) is 0.0476. The lowest BCUT2D eigenvalue weighted by molar-refractivity contribution is -0.113. The number of halogens is 1. The lowest BCUT2D eigenvalue weighted by atomic mass is 10.2. The van der Waals surface area contributed by atoms with Crippen molar-refractivity contribution in [3.8, 4) is 17.1 Å². The Morgan fingerprint density at radius 2 is 1.89 bits per heavy atom. The fourth-order valence-corrected chi connectivity index (χ4v) is 3.81. The summed E-state index contributed by atoms with van der Waals surface area (Å²) >= 11 is 6.89. The predicted octanol–water partition coefficient (Wildman–Crippen LogP) is 5.85. The topological polar surface area (TPSA) is 59.8 Å². The SMILES string of the molecule is COc1cccc(N2C(=O)S/C(=C/c3ccc(-c4cccc(Cl)c4)o3)C2=O)c1. The standard InChI is InChI=1S/C21H14ClNO4S/c1-26-16-7-3-6-15(11-16)23-20(24)19(28-21(23)25)12-17-8-9-18(27-17)13-4-2-5-14(22)10-13/h2-12H,1H3/b19-12+. The number of anilines is 1. The summed E-state index contributed by atoms with van der Waals surface area (Å²) in [4.78, 5) is 26.6. The molecule has 1 aliphatic heterocycles. The van der Waals surface area contributed by atoms with Crippen LogP contribution < -0.4 is 9.64 Å². The van der Waals surface area contributed by atoms with Crippen molar-refractivity contribution in [3.05, 3.63) is 76.4 Å². The maximum Gasteiger partial charge on any atom is 0.298 e. The molecule has 1 saturated heterocycles. The van der Waals surface area contributed by atoms with Gasteiger partial charge in [0, 0.05) is 22.7 Å². The van der Waals surface area contributed by atoms with Crippen LogP contribution in [0.2, 0.25) is 5.02 Å². The van der Waals surface area contributed by atoms with E-state index in [-0.39, 0.29) is 5.24 Å². The first-order valence-electron chi connectivity index (χ1n) is 8.33. The number of carbonyl (C=O) groups is 2. The Morgan fingerprint density at radius 1 is 1.07 bits per heavy atom. The molecule has 1 aliphatic rings. The van der Waals surface area contributed by atoms with Gasteiger partial charge >= 0.3 is 0 Å². The molecule has 7 heteroatoms. The van der Waals surface area contributed by atoms with Gasteiger partial charge in [-0.1, -0.05) is 29.8 Å². The molecule has 0 spiro atoms. The van der Waals surface area contributed by atoms with E-state index in [1.165, 1.54) is 7.11 Å². The van der Waals surface area contributed by atoms with Crippen molar-refractivity contribution in [3.63, 3.8) is 0 Å². The Balaban J connectivity index is 1.61. The van der Waals surface area contributed by atoms with Crippen molar-refractivity contribution in [2.45, 2.75) is 0 Å². The van der Waals surface area contributed by atoms with Gasteiger partial charge in [0.05, 0.1) is 17.7 Å². The monoisotopic (exact) mass is 411 g/mol. The highest BCUT2D eigenvalue weighted by atomic mass is 35.5. The van der Waals surface area contributed by atoms with Crippen molar-refractivity contribution in [1.82, 2.24) is 0 Å². The van der Waals surface area contributed by atoms with Crippen LogP contribution in [-0.4, -0.2) is 18.3 Å². The molecule has 0 aliphatic carbocycles. The minimum atomic E-state index is -0.399. The molecule has 0 atom stereocenters. The number of amides is 2. The van der Waals surface area contributed by atoms with E-state index in [1.54, 1.807) is 54.6 Å². The molecule has 0 radical (unpaired) electrons. The van der Waals surface area contributed by atoms with Gasteiger partial charge < -0.3 is 9.15 Å². The van der Waals surface area contributed by atoms with Gasteiger partial charge in [0.2, 0.25) is 0 Å². The number of rotatable bonds is 4. The zero-order valence-corrected chi connectivity index (χ0v) is 16.3. The molecule has 2 aromatic carbocycles. The molecule has 4 rings (SSSR count). The highest BCUT2D eigenvalue weighted by molar-refractivity contribution is 8.19. The van der Waals surface area contributed by atoms with Crippen molar-refractivity contribution in [2.24, 2.45) is 0 Å². The second-order valence-corrected chi connectivity index (χ2v) is 7.36. The Morgan fingerprint density at radius 3 is 2.68 bits per heavy atom. The summed E-state index contributed by atoms with van der Waals surface area (Å²) in [6, 6.07) is 17.6. The molecule has 1 fully saturated rings. The van der Waals surface area contributed by atoms with Crippen LogP contribution in [0.4, 0.5) is 10.5 Å². The highest BCUT2D eigenvalue weighted by Gasteiger charge is 2.36. The van der Waals surface area contributed by atoms with Crippen LogP contribution in [0.3, 0.4) is 0 Å². The van der Waals surface area contributed by atoms with Gasteiger partial charge in [-0.05, 0) is 48.2 Å². The van der Waals surface area contributed by atoms with E-state index in [2.05, 4.69) is 0 Å². The number of hydrogen-bond donors (Lipinski definition) is 0. The molecule has 3 aromatic rings. The molecule has 1 aromatic heterocycles. The number of nitrogens with zero attached hydrogens (tertiary/aromatic N) is 1. The third kappa shape index (κ3) is 3.56. The van der Waals surface area contributed by atoms with Gasteiger partial charge in [0.25, 0.3) is 11.1 Å². The number of hydrogen-bond acceptors (Lipinski definition) is 5. The zero-order valence-electron chi connectivity index (χ0n) is 14.7. The molecule has 0 saturated carbocycles. The zero-order chi connectivity index (χ0) is 19.7. The summed E-state index contributed by atoms with van der Waals surface area (Å²) in [7, 11) is 1.53. The highest BCUT2D eigenvalue weighted by Crippen LogP contribution is 2.37. The first-order valence-corrected chi connectivity index (χ1v) is 9.52. The van der Waals surface area contributed by atoms with Crippen molar-refractivity contribution < 1.29 is 18.7 Å². The summed E-state index contributed by atoms with van der Waals surface area (Å²) < 4.78 is 11.0. The predicted molar refractivity (Wildman–Crippen MR) is 111 cm³/mol. The number of methoxy groups -OCH3 is 1. The Bertz CT molecular complexity index is 1110. The second kappa shape index (κ2) is 7.58. The number of imide groups is 1. The van der Waals surface area contributed by atoms with Gasteiger partial charge in [-0.2, -0.15) is 0 Å². The van der Waals surface area contributed by atoms with Gasteiger partial charge in [-0.25, -0.2) is 4.90 Å². The number of thioether (sulfide) groups is 1. The quantitative estimate of drug-likeness (QED) is 0.504. The molecular formula is C21H14ClNO4S. The molecule has 28 heavy (non-hydrogen) atoms. The van der Waals surface area contributed by atoms with E-state index >= 15 is 0 Å². The molecule has 0 unspecified atom stereocenters. The van der Waals surface area contributed by atoms with Gasteiger partial charge in [-0.15, -0.1) is 0 Å². The summed E-state index contributed by atoms with van der Waals surface area (Å²) in [6.07, 6.45) is 1.57. The molecule has 2 heterocycles. The van der Waals surface area contributed by atoms with Crippen LogP contribution in [0.15, 0.2) is 70.0 Å². The van der Waals surface area contributed by atoms with Gasteiger partial charge in [0.1, 0.15) is 17.3 Å². The smallest absolute Gasteiger partial charge is 0.298 e. The summed E-state index contributed by atoms with van der Waals surface area (Å²) in [5.41, 5.74) is 1.29. The summed E-state index contributed by atoms with van der Waals surface area (Å²) in [6.45, 7) is 0. The first-order chi connectivity index (χ1) is 13.5. The molecule has 5 nitrogen and oxygen atoms in total. The van der Waals surface area contributed by atoms with E-state index in [0.717, 1.165) is 22.2 Å². The molecule has 0 bridgehead atoms. The lowest BCUT2D eigenvalue weighted by Crippen LogP contribution is -2.27. The van der Waals surface area contributed by atoms with Crippen LogP contribution in [0, 0.1) is 0 Å². The number of carbonyl (C=O) groups excluding carboxylic acids is 2. The average Bonchev–Trinajstić information content (AvgIpc) is 3.26. The van der Waals surface area contributed by atoms with E-state index in [1.807, 2.05) is 12.1 Å². The third-order valence-electron chi connectivity index (χ3n) is 4.11. The van der Waals surface area contributed by atoms with Crippen LogP contribution in [-0.2, 0) is 4.79 Å². The van der Waals surface area contributed by atoms with Gasteiger partial charge in [-0.3, -0.25) is 9.59 Å². The Hall–Kier alpha value is -2.96. The van der Waals surface area contributed by atoms with Crippen LogP contribution in [0.5, 0.6) is 5.75 Å². The van der Waals surface area contributed by atoms with Crippen molar-refractivity contribution >= 4 is 46.3 Å². The molecule has 140 valence electrons. The maximum atomic E-state index is 12.8. The van der Waals surface area contributed by atoms with Crippen LogP contribution in [0.25, 0.3) is 17.4 Å². The van der Waals surface area contributed by atoms with Crippen molar-refractivity contribution in [2.75, 3.05) is 12.0 Å². The number of ether oxygens (including phenoxy) is 1. The minimum Gasteiger partial charge on any atom is -0.497 e. The lowest BCUT2D eigenvalue weighted by Gasteiger charge is -2.13. The summed E-state index contributed by atoms with van der Waals surface area (Å²) in [5.74, 6) is 1.27. The third-order valence-corrected chi connectivity index (χ3v) is 5.22. The average molecular weight is 412 g/mol. The van der Waals surface area contributed by atoms with Crippen LogP contribution >= 0.6 is 23.4 Å². The van der Waals surface area contributed by atoms with E-state index in [4.69, 9.17) is 20.8 Å².